The van der Waals surface area contributed by atoms with E-state index in [1.807, 2.05) is 6.92 Å². The molecule has 2 heterocycles. The minimum absolute atomic E-state index is 0.149. The van der Waals surface area contributed by atoms with Gasteiger partial charge >= 0.3 is 0 Å². The summed E-state index contributed by atoms with van der Waals surface area (Å²) in [6.07, 6.45) is 3.44. The van der Waals surface area contributed by atoms with Crippen molar-refractivity contribution in [2.45, 2.75) is 33.2 Å². The van der Waals surface area contributed by atoms with Gasteiger partial charge in [-0.15, -0.1) is 0 Å². The molecule has 0 bridgehead atoms. The van der Waals surface area contributed by atoms with Gasteiger partial charge in [0.25, 0.3) is 5.91 Å². The number of aryl methyl sites for hydroxylation is 1. The largest absolute Gasteiger partial charge is 0.338 e. The van der Waals surface area contributed by atoms with Crippen molar-refractivity contribution >= 4 is 11.9 Å². The number of rotatable bonds is 7. The van der Waals surface area contributed by atoms with Crippen LogP contribution < -0.4 is 4.90 Å². The molecule has 0 radical (unpaired) electrons. The van der Waals surface area contributed by atoms with Crippen LogP contribution in [0.2, 0.25) is 0 Å². The Morgan fingerprint density at radius 1 is 1.21 bits per heavy atom. The van der Waals surface area contributed by atoms with E-state index >= 15 is 0 Å². The highest BCUT2D eigenvalue weighted by atomic mass is 19.1. The van der Waals surface area contributed by atoms with Gasteiger partial charge in [-0.1, -0.05) is 31.5 Å². The van der Waals surface area contributed by atoms with Crippen LogP contribution in [-0.4, -0.2) is 65.4 Å². The minimum atomic E-state index is -0.291. The summed E-state index contributed by atoms with van der Waals surface area (Å²) >= 11 is 0. The summed E-state index contributed by atoms with van der Waals surface area (Å²) in [5.74, 6) is 0.227. The number of aromatic nitrogens is 2. The van der Waals surface area contributed by atoms with Gasteiger partial charge in [0.2, 0.25) is 5.95 Å². The van der Waals surface area contributed by atoms with Gasteiger partial charge in [-0.05, 0) is 26.5 Å². The fourth-order valence-electron chi connectivity index (χ4n) is 3.43. The molecule has 0 atom stereocenters. The highest BCUT2D eigenvalue weighted by Crippen LogP contribution is 2.18. The molecular formula is C22H30FN5O. The van der Waals surface area contributed by atoms with E-state index in [0.29, 0.717) is 29.3 Å². The van der Waals surface area contributed by atoms with Gasteiger partial charge in [0.05, 0.1) is 11.3 Å². The number of anilines is 1. The Morgan fingerprint density at radius 3 is 2.59 bits per heavy atom. The number of amides is 1. The van der Waals surface area contributed by atoms with Gasteiger partial charge in [-0.25, -0.2) is 14.4 Å². The van der Waals surface area contributed by atoms with Gasteiger partial charge in [-0.2, -0.15) is 0 Å². The Balaban J connectivity index is 1.78. The van der Waals surface area contributed by atoms with Gasteiger partial charge in [0, 0.05) is 51.0 Å². The molecule has 1 aliphatic rings. The van der Waals surface area contributed by atoms with Crippen molar-refractivity contribution in [1.82, 2.24) is 19.8 Å². The number of benzene rings is 1. The quantitative estimate of drug-likeness (QED) is 0.716. The number of piperazine rings is 1. The van der Waals surface area contributed by atoms with Crippen molar-refractivity contribution in [3.63, 3.8) is 0 Å². The topological polar surface area (TPSA) is 52.6 Å². The molecule has 156 valence electrons. The minimum Gasteiger partial charge on any atom is -0.338 e. The number of halogens is 1. The first-order valence-corrected chi connectivity index (χ1v) is 10.3. The molecule has 1 amide bonds. The third-order valence-corrected chi connectivity index (χ3v) is 5.37. The first-order valence-electron chi connectivity index (χ1n) is 10.3. The highest BCUT2D eigenvalue weighted by Gasteiger charge is 2.22. The first-order chi connectivity index (χ1) is 14.0. The second kappa shape index (κ2) is 9.78. The van der Waals surface area contributed by atoms with Crippen molar-refractivity contribution in [1.29, 1.82) is 0 Å². The molecule has 1 aliphatic heterocycles. The third-order valence-electron chi connectivity index (χ3n) is 5.37. The molecular weight excluding hydrogens is 369 g/mol. The molecule has 1 aromatic carbocycles. The van der Waals surface area contributed by atoms with Crippen LogP contribution in [0.5, 0.6) is 0 Å². The van der Waals surface area contributed by atoms with Crippen LogP contribution in [0.1, 0.15) is 41.4 Å². The summed E-state index contributed by atoms with van der Waals surface area (Å²) in [5, 5.41) is 0. The number of carbonyl (C=O) groups excluding carboxylic acids is 1. The lowest BCUT2D eigenvalue weighted by molar-refractivity contribution is 0.0737. The van der Waals surface area contributed by atoms with Crippen molar-refractivity contribution < 1.29 is 9.18 Å². The smallest absolute Gasteiger partial charge is 0.257 e. The molecule has 0 aliphatic carbocycles. The second-order valence-corrected chi connectivity index (χ2v) is 7.63. The van der Waals surface area contributed by atoms with Crippen molar-refractivity contribution in [2.24, 2.45) is 0 Å². The molecule has 0 spiro atoms. The Kier molecular flexibility index (Phi) is 7.14. The maximum atomic E-state index is 14.1. The molecule has 1 saturated heterocycles. The van der Waals surface area contributed by atoms with E-state index in [2.05, 4.69) is 33.7 Å². The van der Waals surface area contributed by atoms with Crippen LogP contribution in [0.15, 0.2) is 30.5 Å². The number of hydrogen-bond acceptors (Lipinski definition) is 5. The summed E-state index contributed by atoms with van der Waals surface area (Å²) < 4.78 is 14.1. The first kappa shape index (κ1) is 21.2. The zero-order chi connectivity index (χ0) is 20.8. The average molecular weight is 400 g/mol. The number of unbranched alkanes of at least 4 members (excludes halogenated alkanes) is 1. The molecule has 0 unspecified atom stereocenters. The van der Waals surface area contributed by atoms with Crippen LogP contribution in [-0.2, 0) is 6.54 Å². The van der Waals surface area contributed by atoms with E-state index in [4.69, 9.17) is 0 Å². The molecule has 1 aromatic heterocycles. The summed E-state index contributed by atoms with van der Waals surface area (Å²) in [6.45, 7) is 8.42. The summed E-state index contributed by atoms with van der Waals surface area (Å²) in [7, 11) is 2.10. The standard InChI is InChI=1S/C22H30FN5O/c1-4-5-10-28(16-18-8-6-7-9-20(18)23)21(29)19-15-24-22(25-17(19)2)27-13-11-26(3)12-14-27/h6-9,15H,4-5,10-14,16H2,1-3H3. The van der Waals surface area contributed by atoms with Gasteiger partial charge in [-0.3, -0.25) is 4.79 Å². The molecule has 2 aromatic rings. The van der Waals surface area contributed by atoms with E-state index in [0.717, 1.165) is 39.0 Å². The maximum Gasteiger partial charge on any atom is 0.257 e. The highest BCUT2D eigenvalue weighted by molar-refractivity contribution is 5.95. The number of hydrogen-bond donors (Lipinski definition) is 0. The Labute approximate surface area is 172 Å². The van der Waals surface area contributed by atoms with Crippen LogP contribution >= 0.6 is 0 Å². The van der Waals surface area contributed by atoms with Gasteiger partial charge in [0.15, 0.2) is 0 Å². The summed E-state index contributed by atoms with van der Waals surface area (Å²) in [4.78, 5) is 28.4. The lowest BCUT2D eigenvalue weighted by Crippen LogP contribution is -2.45. The zero-order valence-corrected chi connectivity index (χ0v) is 17.6. The molecule has 3 rings (SSSR count). The van der Waals surface area contributed by atoms with E-state index < -0.39 is 0 Å². The summed E-state index contributed by atoms with van der Waals surface area (Å²) in [5.41, 5.74) is 1.66. The lowest BCUT2D eigenvalue weighted by atomic mass is 10.1. The van der Waals surface area contributed by atoms with Gasteiger partial charge < -0.3 is 14.7 Å². The monoisotopic (exact) mass is 399 g/mol. The zero-order valence-electron chi connectivity index (χ0n) is 17.6. The van der Waals surface area contributed by atoms with Crippen LogP contribution in [0.3, 0.4) is 0 Å². The Morgan fingerprint density at radius 2 is 1.93 bits per heavy atom. The maximum absolute atomic E-state index is 14.1. The van der Waals surface area contributed by atoms with E-state index in [9.17, 15) is 9.18 Å². The predicted octanol–water partition coefficient (Wildman–Crippen LogP) is 3.12. The molecule has 7 heteroatoms. The van der Waals surface area contributed by atoms with Crippen LogP contribution in [0, 0.1) is 12.7 Å². The van der Waals surface area contributed by atoms with Crippen molar-refractivity contribution in [3.8, 4) is 0 Å². The molecule has 0 saturated carbocycles. The second-order valence-electron chi connectivity index (χ2n) is 7.63. The SMILES string of the molecule is CCCCN(Cc1ccccc1F)C(=O)c1cnc(N2CCN(C)CC2)nc1C. The van der Waals surface area contributed by atoms with Crippen LogP contribution in [0.25, 0.3) is 0 Å². The number of likely N-dealkylation sites (N-methyl/N-ethyl adjacent to an activating group) is 1. The number of nitrogens with zero attached hydrogens (tertiary/aromatic N) is 5. The molecule has 0 N–H and O–H groups in total. The average Bonchev–Trinajstić information content (AvgIpc) is 2.72. The molecule has 1 fully saturated rings. The lowest BCUT2D eigenvalue weighted by Gasteiger charge is -2.32. The third kappa shape index (κ3) is 5.29. The molecule has 29 heavy (non-hydrogen) atoms. The van der Waals surface area contributed by atoms with E-state index in [-0.39, 0.29) is 18.3 Å². The normalized spacial score (nSPS) is 14.8. The fraction of sp³-hybridized carbons (Fsp3) is 0.500. The van der Waals surface area contributed by atoms with Gasteiger partial charge in [0.1, 0.15) is 5.82 Å². The predicted molar refractivity (Wildman–Crippen MR) is 113 cm³/mol. The summed E-state index contributed by atoms with van der Waals surface area (Å²) in [6, 6.07) is 6.60. The molecule has 6 nitrogen and oxygen atoms in total. The van der Waals surface area contributed by atoms with Crippen LogP contribution in [0.4, 0.5) is 10.3 Å². The van der Waals surface area contributed by atoms with E-state index in [1.54, 1.807) is 29.3 Å². The Bertz CT molecular complexity index is 836. The Hall–Kier alpha value is -2.54. The fourth-order valence-corrected chi connectivity index (χ4v) is 3.43. The van der Waals surface area contributed by atoms with Crippen molar-refractivity contribution in [2.75, 3.05) is 44.7 Å². The van der Waals surface area contributed by atoms with E-state index in [1.165, 1.54) is 6.07 Å². The number of carbonyl (C=O) groups is 1. The van der Waals surface area contributed by atoms with Crippen molar-refractivity contribution in [3.05, 3.63) is 53.1 Å².